The van der Waals surface area contributed by atoms with Gasteiger partial charge in [0.2, 0.25) is 0 Å². The summed E-state index contributed by atoms with van der Waals surface area (Å²) in [6, 6.07) is 9.27. The van der Waals surface area contributed by atoms with Crippen molar-refractivity contribution >= 4 is 0 Å². The zero-order chi connectivity index (χ0) is 15.7. The Balaban J connectivity index is 2.94. The van der Waals surface area contributed by atoms with E-state index in [0.717, 1.165) is 25.4 Å². The van der Waals surface area contributed by atoms with Crippen molar-refractivity contribution in [3.05, 3.63) is 29.8 Å². The first kappa shape index (κ1) is 18.0. The quantitative estimate of drug-likeness (QED) is 0.709. The van der Waals surface area contributed by atoms with Crippen LogP contribution in [0, 0.1) is 0 Å². The number of nitrogens with one attached hydrogen (secondary N) is 1. The Hall–Kier alpha value is -1.06. The van der Waals surface area contributed by atoms with Crippen molar-refractivity contribution in [1.82, 2.24) is 10.2 Å². The summed E-state index contributed by atoms with van der Waals surface area (Å²) < 4.78 is 5.81. The van der Waals surface area contributed by atoms with Gasteiger partial charge in [0.1, 0.15) is 5.75 Å². The van der Waals surface area contributed by atoms with E-state index in [9.17, 15) is 0 Å². The molecular formula is C18H32N2O. The summed E-state index contributed by atoms with van der Waals surface area (Å²) in [6.07, 6.45) is 1.18. The minimum absolute atomic E-state index is 0.312. The molecule has 0 saturated heterocycles. The lowest BCUT2D eigenvalue weighted by Gasteiger charge is -2.31. The monoisotopic (exact) mass is 292 g/mol. The maximum atomic E-state index is 5.81. The van der Waals surface area contributed by atoms with Gasteiger partial charge in [-0.1, -0.05) is 32.0 Å². The fourth-order valence-corrected chi connectivity index (χ4v) is 2.66. The van der Waals surface area contributed by atoms with E-state index in [-0.39, 0.29) is 0 Å². The van der Waals surface area contributed by atoms with Crippen LogP contribution in [0.5, 0.6) is 5.75 Å². The lowest BCUT2D eigenvalue weighted by Crippen LogP contribution is -2.39. The predicted octanol–water partition coefficient (Wildman–Crippen LogP) is 3.86. The molecule has 1 rings (SSSR count). The normalized spacial score (nSPS) is 12.9. The van der Waals surface area contributed by atoms with E-state index in [1.165, 1.54) is 12.0 Å². The van der Waals surface area contributed by atoms with Crippen LogP contribution in [0.2, 0.25) is 0 Å². The highest BCUT2D eigenvalue weighted by atomic mass is 16.5. The van der Waals surface area contributed by atoms with Crippen molar-refractivity contribution < 1.29 is 4.74 Å². The average molecular weight is 292 g/mol. The number of hydrogen-bond donors (Lipinski definition) is 1. The zero-order valence-electron chi connectivity index (χ0n) is 14.4. The van der Waals surface area contributed by atoms with Gasteiger partial charge in [0, 0.05) is 24.2 Å². The summed E-state index contributed by atoms with van der Waals surface area (Å²) in [5, 5.41) is 3.62. The molecule has 1 N–H and O–H groups in total. The molecular weight excluding hydrogens is 260 g/mol. The topological polar surface area (TPSA) is 24.5 Å². The summed E-state index contributed by atoms with van der Waals surface area (Å²) in [5.74, 6) is 1.01. The fourth-order valence-electron chi connectivity index (χ4n) is 2.66. The lowest BCUT2D eigenvalue weighted by atomic mass is 10.0. The summed E-state index contributed by atoms with van der Waals surface area (Å²) in [5.41, 5.74) is 1.27. The van der Waals surface area contributed by atoms with Gasteiger partial charge in [-0.15, -0.1) is 0 Å². The zero-order valence-corrected chi connectivity index (χ0v) is 14.4. The first-order valence-corrected chi connectivity index (χ1v) is 8.33. The highest BCUT2D eigenvalue weighted by Gasteiger charge is 2.19. The first-order valence-electron chi connectivity index (χ1n) is 8.33. The van der Waals surface area contributed by atoms with Gasteiger partial charge in [-0.05, 0) is 46.3 Å². The highest BCUT2D eigenvalue weighted by Crippen LogP contribution is 2.26. The van der Waals surface area contributed by atoms with Crippen LogP contribution in [0.3, 0.4) is 0 Å². The Kier molecular flexibility index (Phi) is 8.40. The number of likely N-dealkylation sites (N-methyl/N-ethyl adjacent to an activating group) is 1. The molecule has 1 aromatic carbocycles. The Morgan fingerprint density at radius 3 is 2.43 bits per heavy atom. The molecule has 1 aromatic rings. The SMILES string of the molecule is CCCN(CC(NCC)c1ccccc1OCC)C(C)C. The van der Waals surface area contributed by atoms with Crippen LogP contribution in [-0.4, -0.2) is 37.2 Å². The molecule has 0 saturated carbocycles. The number of ether oxygens (including phenoxy) is 1. The molecule has 0 spiro atoms. The van der Waals surface area contributed by atoms with Gasteiger partial charge in [-0.2, -0.15) is 0 Å². The molecule has 0 aliphatic heterocycles. The molecule has 1 atom stereocenters. The number of benzene rings is 1. The second-order valence-electron chi connectivity index (χ2n) is 5.67. The van der Waals surface area contributed by atoms with Crippen molar-refractivity contribution in [2.75, 3.05) is 26.2 Å². The maximum absolute atomic E-state index is 5.81. The number of nitrogens with zero attached hydrogens (tertiary/aromatic N) is 1. The lowest BCUT2D eigenvalue weighted by molar-refractivity contribution is 0.196. The molecule has 1 unspecified atom stereocenters. The standard InChI is InChI=1S/C18H32N2O/c1-6-13-20(15(4)5)14-17(19-7-2)16-11-9-10-12-18(16)21-8-3/h9-12,15,17,19H,6-8,13-14H2,1-5H3. The average Bonchev–Trinajstić information content (AvgIpc) is 2.47. The largest absolute Gasteiger partial charge is 0.494 e. The maximum Gasteiger partial charge on any atom is 0.124 e. The predicted molar refractivity (Wildman–Crippen MR) is 91.0 cm³/mol. The molecule has 0 bridgehead atoms. The van der Waals surface area contributed by atoms with Crippen molar-refractivity contribution in [1.29, 1.82) is 0 Å². The molecule has 3 heteroatoms. The van der Waals surface area contributed by atoms with E-state index in [1.807, 2.05) is 13.0 Å². The number of hydrogen-bond acceptors (Lipinski definition) is 3. The van der Waals surface area contributed by atoms with Crippen molar-refractivity contribution in [2.24, 2.45) is 0 Å². The summed E-state index contributed by atoms with van der Waals surface area (Å²) in [6.45, 7) is 14.8. The van der Waals surface area contributed by atoms with E-state index >= 15 is 0 Å². The highest BCUT2D eigenvalue weighted by molar-refractivity contribution is 5.36. The van der Waals surface area contributed by atoms with Gasteiger partial charge in [0.05, 0.1) is 6.61 Å². The third kappa shape index (κ3) is 5.68. The van der Waals surface area contributed by atoms with E-state index in [1.54, 1.807) is 0 Å². The number of rotatable bonds is 10. The molecule has 0 fully saturated rings. The van der Waals surface area contributed by atoms with Gasteiger partial charge in [-0.3, -0.25) is 4.90 Å². The summed E-state index contributed by atoms with van der Waals surface area (Å²) in [4.78, 5) is 2.54. The Bertz CT molecular complexity index is 393. The van der Waals surface area contributed by atoms with Gasteiger partial charge >= 0.3 is 0 Å². The molecule has 0 aliphatic carbocycles. The Morgan fingerprint density at radius 2 is 1.86 bits per heavy atom. The Labute approximate surface area is 130 Å². The van der Waals surface area contributed by atoms with Gasteiger partial charge in [0.25, 0.3) is 0 Å². The molecule has 0 heterocycles. The molecule has 0 amide bonds. The Morgan fingerprint density at radius 1 is 1.14 bits per heavy atom. The number of para-hydroxylation sites is 1. The molecule has 120 valence electrons. The van der Waals surface area contributed by atoms with Crippen LogP contribution < -0.4 is 10.1 Å². The molecule has 21 heavy (non-hydrogen) atoms. The second kappa shape index (κ2) is 9.80. The van der Waals surface area contributed by atoms with E-state index in [2.05, 4.69) is 56.1 Å². The van der Waals surface area contributed by atoms with Crippen LogP contribution in [0.1, 0.15) is 52.6 Å². The smallest absolute Gasteiger partial charge is 0.124 e. The molecule has 0 aliphatic rings. The van der Waals surface area contributed by atoms with Crippen LogP contribution in [0.25, 0.3) is 0 Å². The van der Waals surface area contributed by atoms with Crippen molar-refractivity contribution in [3.63, 3.8) is 0 Å². The summed E-state index contributed by atoms with van der Waals surface area (Å²) in [7, 11) is 0. The van der Waals surface area contributed by atoms with Gasteiger partial charge in [0.15, 0.2) is 0 Å². The van der Waals surface area contributed by atoms with Crippen LogP contribution in [0.15, 0.2) is 24.3 Å². The van der Waals surface area contributed by atoms with Gasteiger partial charge < -0.3 is 10.1 Å². The first-order chi connectivity index (χ1) is 10.1. The van der Waals surface area contributed by atoms with Crippen molar-refractivity contribution in [3.8, 4) is 5.75 Å². The fraction of sp³-hybridized carbons (Fsp3) is 0.667. The molecule has 0 aromatic heterocycles. The summed E-state index contributed by atoms with van der Waals surface area (Å²) >= 11 is 0. The van der Waals surface area contributed by atoms with Crippen LogP contribution >= 0.6 is 0 Å². The molecule has 0 radical (unpaired) electrons. The van der Waals surface area contributed by atoms with Crippen molar-refractivity contribution in [2.45, 2.75) is 53.1 Å². The van der Waals surface area contributed by atoms with E-state index in [4.69, 9.17) is 4.74 Å². The minimum atomic E-state index is 0.312. The van der Waals surface area contributed by atoms with E-state index in [0.29, 0.717) is 18.7 Å². The van der Waals surface area contributed by atoms with Crippen LogP contribution in [0.4, 0.5) is 0 Å². The van der Waals surface area contributed by atoms with Gasteiger partial charge in [-0.25, -0.2) is 0 Å². The second-order valence-corrected chi connectivity index (χ2v) is 5.67. The third-order valence-electron chi connectivity index (χ3n) is 3.70. The molecule has 3 nitrogen and oxygen atoms in total. The van der Waals surface area contributed by atoms with Crippen LogP contribution in [-0.2, 0) is 0 Å². The van der Waals surface area contributed by atoms with E-state index < -0.39 is 0 Å². The minimum Gasteiger partial charge on any atom is -0.494 e. The third-order valence-corrected chi connectivity index (χ3v) is 3.70.